The van der Waals surface area contributed by atoms with Crippen LogP contribution in [0.4, 0.5) is 0 Å². The first-order valence-corrected chi connectivity index (χ1v) is 8.20. The van der Waals surface area contributed by atoms with E-state index in [0.717, 1.165) is 16.9 Å². The number of ether oxygens (including phenoxy) is 1. The van der Waals surface area contributed by atoms with Crippen molar-refractivity contribution in [3.63, 3.8) is 0 Å². The van der Waals surface area contributed by atoms with Crippen molar-refractivity contribution in [3.8, 4) is 5.75 Å². The lowest BCUT2D eigenvalue weighted by Crippen LogP contribution is -2.18. The van der Waals surface area contributed by atoms with Gasteiger partial charge in [0.15, 0.2) is 0 Å². The number of hydrogen-bond acceptors (Lipinski definition) is 3. The summed E-state index contributed by atoms with van der Waals surface area (Å²) >= 11 is 5.90. The molecule has 0 bridgehead atoms. The number of carbonyl (C=O) groups is 1. The van der Waals surface area contributed by atoms with Crippen LogP contribution in [0.3, 0.4) is 0 Å². The Balaban J connectivity index is 1.67. The minimum Gasteiger partial charge on any atom is -0.493 e. The first kappa shape index (κ1) is 18.0. The lowest BCUT2D eigenvalue weighted by Gasteiger charge is -2.08. The number of benzene rings is 2. The maximum absolute atomic E-state index is 11.7. The molecule has 0 saturated heterocycles. The van der Waals surface area contributed by atoms with Crippen LogP contribution in [-0.4, -0.2) is 18.7 Å². The Labute approximate surface area is 147 Å². The van der Waals surface area contributed by atoms with E-state index < -0.39 is 0 Å². The van der Waals surface area contributed by atoms with Gasteiger partial charge in [0.2, 0.25) is 5.91 Å². The molecule has 0 heterocycles. The van der Waals surface area contributed by atoms with Gasteiger partial charge in [-0.2, -0.15) is 5.10 Å². The van der Waals surface area contributed by atoms with Crippen LogP contribution >= 0.6 is 11.6 Å². The van der Waals surface area contributed by atoms with Crippen molar-refractivity contribution in [2.75, 3.05) is 6.61 Å². The summed E-state index contributed by atoms with van der Waals surface area (Å²) < 4.78 is 5.65. The van der Waals surface area contributed by atoms with E-state index in [4.69, 9.17) is 16.3 Å². The molecule has 0 aliphatic rings. The van der Waals surface area contributed by atoms with Crippen LogP contribution < -0.4 is 10.2 Å². The number of halogens is 1. The van der Waals surface area contributed by atoms with Crippen molar-refractivity contribution >= 4 is 23.7 Å². The fourth-order valence-corrected chi connectivity index (χ4v) is 2.30. The Hall–Kier alpha value is -2.33. The zero-order valence-corrected chi connectivity index (χ0v) is 14.6. The maximum atomic E-state index is 11.7. The van der Waals surface area contributed by atoms with Crippen LogP contribution in [0.2, 0.25) is 5.02 Å². The number of amides is 1. The molecule has 1 amide bonds. The summed E-state index contributed by atoms with van der Waals surface area (Å²) in [7, 11) is 0. The first-order chi connectivity index (χ1) is 11.5. The molecule has 1 N–H and O–H groups in total. The molecule has 5 heteroatoms. The number of rotatable bonds is 7. The van der Waals surface area contributed by atoms with Gasteiger partial charge in [0, 0.05) is 11.4 Å². The fourth-order valence-electron chi connectivity index (χ4n) is 2.08. The Morgan fingerprint density at radius 3 is 2.67 bits per heavy atom. The Bertz CT molecular complexity index is 712. The average molecular weight is 345 g/mol. The average Bonchev–Trinajstić information content (AvgIpc) is 2.55. The van der Waals surface area contributed by atoms with Gasteiger partial charge in [-0.05, 0) is 49.6 Å². The second-order valence-corrected chi connectivity index (χ2v) is 6.00. The second-order valence-electron chi connectivity index (χ2n) is 5.57. The summed E-state index contributed by atoms with van der Waals surface area (Å²) in [5.41, 5.74) is 5.64. The zero-order valence-electron chi connectivity index (χ0n) is 13.9. The third kappa shape index (κ3) is 6.05. The highest BCUT2D eigenvalue weighted by Crippen LogP contribution is 2.21. The largest absolute Gasteiger partial charge is 0.493 e. The molecule has 0 unspecified atom stereocenters. The van der Waals surface area contributed by atoms with Crippen molar-refractivity contribution in [1.29, 1.82) is 0 Å². The van der Waals surface area contributed by atoms with E-state index >= 15 is 0 Å². The van der Waals surface area contributed by atoms with E-state index in [1.807, 2.05) is 50.2 Å². The molecular formula is C19H21ClN2O2. The Morgan fingerprint density at radius 1 is 1.21 bits per heavy atom. The van der Waals surface area contributed by atoms with Gasteiger partial charge in [0.05, 0.1) is 12.8 Å². The number of nitrogens with zero attached hydrogens (tertiary/aromatic N) is 1. The second kappa shape index (κ2) is 9.08. The smallest absolute Gasteiger partial charge is 0.240 e. The summed E-state index contributed by atoms with van der Waals surface area (Å²) in [5, 5.41) is 4.64. The monoisotopic (exact) mass is 344 g/mol. The number of hydrogen-bond donors (Lipinski definition) is 1. The lowest BCUT2D eigenvalue weighted by molar-refractivity contribution is -0.121. The molecule has 4 nitrogen and oxygen atoms in total. The molecule has 126 valence electrons. The van der Waals surface area contributed by atoms with Crippen LogP contribution in [0.25, 0.3) is 0 Å². The van der Waals surface area contributed by atoms with Gasteiger partial charge in [0.1, 0.15) is 5.75 Å². The van der Waals surface area contributed by atoms with Crippen molar-refractivity contribution in [2.45, 2.75) is 26.7 Å². The molecule has 0 atom stereocenters. The predicted octanol–water partition coefficient (Wildman–Crippen LogP) is 4.27. The molecule has 0 saturated carbocycles. The molecule has 0 aliphatic heterocycles. The quantitative estimate of drug-likeness (QED) is 0.463. The molecule has 2 rings (SSSR count). The van der Waals surface area contributed by atoms with Crippen molar-refractivity contribution in [3.05, 3.63) is 64.2 Å². The van der Waals surface area contributed by atoms with Gasteiger partial charge in [-0.1, -0.05) is 41.4 Å². The molecular weight excluding hydrogens is 324 g/mol. The predicted molar refractivity (Wildman–Crippen MR) is 97.8 cm³/mol. The Kier molecular flexibility index (Phi) is 6.82. The number of hydrazone groups is 1. The number of carbonyl (C=O) groups excluding carboxylic acids is 1. The van der Waals surface area contributed by atoms with Crippen LogP contribution in [-0.2, 0) is 4.79 Å². The molecule has 2 aromatic rings. The molecule has 24 heavy (non-hydrogen) atoms. The molecule has 2 aromatic carbocycles. The van der Waals surface area contributed by atoms with Crippen LogP contribution in [0.1, 0.15) is 29.5 Å². The highest BCUT2D eigenvalue weighted by Gasteiger charge is 2.02. The highest BCUT2D eigenvalue weighted by molar-refractivity contribution is 6.30. The summed E-state index contributed by atoms with van der Waals surface area (Å²) in [5.74, 6) is 0.659. The topological polar surface area (TPSA) is 50.7 Å². The minimum atomic E-state index is -0.130. The maximum Gasteiger partial charge on any atom is 0.240 e. The van der Waals surface area contributed by atoms with Gasteiger partial charge < -0.3 is 4.74 Å². The SMILES string of the molecule is Cc1ccc(C=NNC(=O)CCCOc2ccc(Cl)cc2C)cc1. The molecule has 0 fully saturated rings. The molecule has 0 spiro atoms. The summed E-state index contributed by atoms with van der Waals surface area (Å²) in [6.45, 7) is 4.43. The van der Waals surface area contributed by atoms with Gasteiger partial charge in [-0.15, -0.1) is 0 Å². The van der Waals surface area contributed by atoms with Gasteiger partial charge in [-0.3, -0.25) is 4.79 Å². The van der Waals surface area contributed by atoms with Crippen molar-refractivity contribution in [2.24, 2.45) is 5.10 Å². The van der Waals surface area contributed by atoms with Gasteiger partial charge in [-0.25, -0.2) is 5.43 Å². The third-order valence-electron chi connectivity index (χ3n) is 3.42. The van der Waals surface area contributed by atoms with E-state index in [1.54, 1.807) is 12.3 Å². The highest BCUT2D eigenvalue weighted by atomic mass is 35.5. The van der Waals surface area contributed by atoms with E-state index in [0.29, 0.717) is 24.5 Å². The molecule has 0 aromatic heterocycles. The summed E-state index contributed by atoms with van der Waals surface area (Å²) in [6.07, 6.45) is 2.61. The van der Waals surface area contributed by atoms with Crippen LogP contribution in [0, 0.1) is 13.8 Å². The van der Waals surface area contributed by atoms with Crippen LogP contribution in [0.15, 0.2) is 47.6 Å². The minimum absolute atomic E-state index is 0.130. The number of aryl methyl sites for hydroxylation is 2. The van der Waals surface area contributed by atoms with E-state index in [2.05, 4.69) is 10.5 Å². The summed E-state index contributed by atoms with van der Waals surface area (Å²) in [4.78, 5) is 11.7. The zero-order chi connectivity index (χ0) is 17.4. The Morgan fingerprint density at radius 2 is 1.96 bits per heavy atom. The summed E-state index contributed by atoms with van der Waals surface area (Å²) in [6, 6.07) is 13.4. The molecule has 0 radical (unpaired) electrons. The normalized spacial score (nSPS) is 10.8. The van der Waals surface area contributed by atoms with Gasteiger partial charge >= 0.3 is 0 Å². The van der Waals surface area contributed by atoms with E-state index in [1.165, 1.54) is 5.56 Å². The van der Waals surface area contributed by atoms with Crippen molar-refractivity contribution in [1.82, 2.24) is 5.43 Å². The standard InChI is InChI=1S/C19H21ClN2O2/c1-14-5-7-16(8-6-14)13-21-22-19(23)4-3-11-24-18-10-9-17(20)12-15(18)2/h5-10,12-13H,3-4,11H2,1-2H3,(H,22,23). The van der Waals surface area contributed by atoms with Crippen LogP contribution in [0.5, 0.6) is 5.75 Å². The first-order valence-electron chi connectivity index (χ1n) is 7.82. The fraction of sp³-hybridized carbons (Fsp3) is 0.263. The number of nitrogens with one attached hydrogen (secondary N) is 1. The lowest BCUT2D eigenvalue weighted by atomic mass is 10.2. The van der Waals surface area contributed by atoms with Gasteiger partial charge in [0.25, 0.3) is 0 Å². The van der Waals surface area contributed by atoms with E-state index in [-0.39, 0.29) is 5.91 Å². The third-order valence-corrected chi connectivity index (χ3v) is 3.66. The van der Waals surface area contributed by atoms with Crippen molar-refractivity contribution < 1.29 is 9.53 Å². The van der Waals surface area contributed by atoms with E-state index in [9.17, 15) is 4.79 Å². The molecule has 0 aliphatic carbocycles.